The number of aliphatic carboxylic acids is 1. The van der Waals surface area contributed by atoms with Gasteiger partial charge in [-0.2, -0.15) is 0 Å². The predicted octanol–water partition coefficient (Wildman–Crippen LogP) is 3.62. The number of carbonyl (C=O) groups is 1. The molecule has 0 bridgehead atoms. The average Bonchev–Trinajstić information content (AvgIpc) is 3.07. The Morgan fingerprint density at radius 2 is 2.00 bits per heavy atom. The van der Waals surface area contributed by atoms with Crippen molar-refractivity contribution in [1.29, 1.82) is 0 Å². The second kappa shape index (κ2) is 8.33. The van der Waals surface area contributed by atoms with Gasteiger partial charge in [-0.1, -0.05) is 29.8 Å². The fourth-order valence-electron chi connectivity index (χ4n) is 3.14. The molecule has 1 atom stereocenters. The summed E-state index contributed by atoms with van der Waals surface area (Å²) in [4.78, 5) is 14.9. The molecule has 27 heavy (non-hydrogen) atoms. The molecule has 1 heterocycles. The molecule has 2 aromatic carbocycles. The molecule has 0 saturated carbocycles. The quantitative estimate of drug-likeness (QED) is 0.549. The van der Waals surface area contributed by atoms with Crippen molar-refractivity contribution >= 4 is 28.5 Å². The van der Waals surface area contributed by atoms with Crippen LogP contribution in [0.3, 0.4) is 0 Å². The van der Waals surface area contributed by atoms with Gasteiger partial charge in [0.2, 0.25) is 0 Å². The van der Waals surface area contributed by atoms with Crippen LogP contribution < -0.4 is 14.8 Å². The lowest BCUT2D eigenvalue weighted by Crippen LogP contribution is -2.38. The lowest BCUT2D eigenvalue weighted by Gasteiger charge is -2.17. The van der Waals surface area contributed by atoms with Gasteiger partial charge in [-0.15, -0.1) is 0 Å². The summed E-state index contributed by atoms with van der Waals surface area (Å²) in [6, 6.07) is 10.4. The van der Waals surface area contributed by atoms with Gasteiger partial charge in [-0.05, 0) is 17.7 Å². The molecule has 0 spiro atoms. The minimum absolute atomic E-state index is 0.277. The molecule has 7 heteroatoms. The number of fused-ring (bicyclic) bond motifs is 1. The smallest absolute Gasteiger partial charge is 0.321 e. The van der Waals surface area contributed by atoms with Crippen molar-refractivity contribution in [2.24, 2.45) is 0 Å². The SMILES string of the molecule is COc1cc(Cl)cc(CNC(Cc2c[nH]c3ccccc23)C(=O)O)c1OC. The second-order valence-electron chi connectivity index (χ2n) is 6.14. The first-order valence-corrected chi connectivity index (χ1v) is 8.83. The molecule has 1 aromatic heterocycles. The van der Waals surface area contributed by atoms with Gasteiger partial charge in [0, 0.05) is 46.7 Å². The first-order valence-electron chi connectivity index (χ1n) is 8.45. The van der Waals surface area contributed by atoms with Crippen LogP contribution in [0.5, 0.6) is 11.5 Å². The molecule has 3 aromatic rings. The number of hydrogen-bond acceptors (Lipinski definition) is 4. The van der Waals surface area contributed by atoms with Gasteiger partial charge in [-0.3, -0.25) is 10.1 Å². The zero-order valence-electron chi connectivity index (χ0n) is 15.1. The van der Waals surface area contributed by atoms with Gasteiger partial charge in [-0.25, -0.2) is 0 Å². The molecule has 0 radical (unpaired) electrons. The lowest BCUT2D eigenvalue weighted by atomic mass is 10.0. The Labute approximate surface area is 162 Å². The van der Waals surface area contributed by atoms with Crippen LogP contribution in [-0.2, 0) is 17.8 Å². The highest BCUT2D eigenvalue weighted by Crippen LogP contribution is 2.34. The molecule has 3 N–H and O–H groups in total. The van der Waals surface area contributed by atoms with Crippen LogP contribution in [0.2, 0.25) is 5.02 Å². The van der Waals surface area contributed by atoms with Crippen molar-refractivity contribution in [3.8, 4) is 11.5 Å². The van der Waals surface area contributed by atoms with E-state index in [9.17, 15) is 9.90 Å². The van der Waals surface area contributed by atoms with E-state index in [-0.39, 0.29) is 6.54 Å². The molecule has 1 unspecified atom stereocenters. The molecule has 0 aliphatic rings. The van der Waals surface area contributed by atoms with Crippen LogP contribution in [-0.4, -0.2) is 36.3 Å². The molecule has 0 aliphatic heterocycles. The third kappa shape index (κ3) is 4.18. The monoisotopic (exact) mass is 388 g/mol. The first kappa shape index (κ1) is 19.1. The number of H-pyrrole nitrogens is 1. The highest BCUT2D eigenvalue weighted by Gasteiger charge is 2.21. The highest BCUT2D eigenvalue weighted by molar-refractivity contribution is 6.30. The van der Waals surface area contributed by atoms with Crippen molar-refractivity contribution in [2.45, 2.75) is 19.0 Å². The Bertz CT molecular complexity index is 954. The Kier molecular flexibility index (Phi) is 5.88. The van der Waals surface area contributed by atoms with E-state index in [0.717, 1.165) is 22.0 Å². The summed E-state index contributed by atoms with van der Waals surface area (Å²) >= 11 is 6.13. The molecule has 3 rings (SSSR count). The highest BCUT2D eigenvalue weighted by atomic mass is 35.5. The number of methoxy groups -OCH3 is 2. The fraction of sp³-hybridized carbons (Fsp3) is 0.250. The first-order chi connectivity index (χ1) is 13.0. The summed E-state index contributed by atoms with van der Waals surface area (Å²) < 4.78 is 10.7. The summed E-state index contributed by atoms with van der Waals surface area (Å²) in [5.41, 5.74) is 2.66. The number of rotatable bonds is 8. The molecule has 0 amide bonds. The predicted molar refractivity (Wildman–Crippen MR) is 105 cm³/mol. The van der Waals surface area contributed by atoms with Crippen molar-refractivity contribution in [2.75, 3.05) is 14.2 Å². The number of benzene rings is 2. The van der Waals surface area contributed by atoms with Crippen molar-refractivity contribution < 1.29 is 19.4 Å². The van der Waals surface area contributed by atoms with Gasteiger partial charge in [0.25, 0.3) is 0 Å². The second-order valence-corrected chi connectivity index (χ2v) is 6.57. The largest absolute Gasteiger partial charge is 0.493 e. The van der Waals surface area contributed by atoms with Crippen LogP contribution in [0.15, 0.2) is 42.6 Å². The van der Waals surface area contributed by atoms with E-state index in [1.165, 1.54) is 14.2 Å². The molecule has 0 aliphatic carbocycles. The van der Waals surface area contributed by atoms with Crippen LogP contribution in [0, 0.1) is 0 Å². The van der Waals surface area contributed by atoms with Crippen LogP contribution in [0.1, 0.15) is 11.1 Å². The maximum atomic E-state index is 11.8. The Morgan fingerprint density at radius 3 is 2.70 bits per heavy atom. The minimum atomic E-state index is -0.923. The van der Waals surface area contributed by atoms with E-state index < -0.39 is 12.0 Å². The summed E-state index contributed by atoms with van der Waals surface area (Å²) in [5.74, 6) is 0.115. The number of ether oxygens (including phenoxy) is 2. The fourth-order valence-corrected chi connectivity index (χ4v) is 3.37. The van der Waals surface area contributed by atoms with E-state index in [2.05, 4.69) is 10.3 Å². The molecule has 0 fully saturated rings. The zero-order valence-corrected chi connectivity index (χ0v) is 15.8. The molecular weight excluding hydrogens is 368 g/mol. The van der Waals surface area contributed by atoms with Crippen molar-refractivity contribution in [3.05, 3.63) is 58.7 Å². The van der Waals surface area contributed by atoms with E-state index in [1.54, 1.807) is 12.1 Å². The Balaban J connectivity index is 1.80. The van der Waals surface area contributed by atoms with Crippen molar-refractivity contribution in [1.82, 2.24) is 10.3 Å². The summed E-state index contributed by atoms with van der Waals surface area (Å²) in [6.45, 7) is 0.277. The number of aromatic amines is 1. The number of para-hydroxylation sites is 1. The standard InChI is InChI=1S/C20H21ClN2O4/c1-26-18-9-14(21)7-13(19(18)27-2)11-23-17(20(24)25)8-12-10-22-16-6-4-3-5-15(12)16/h3-7,9-10,17,22-23H,8,11H2,1-2H3,(H,24,25). The lowest BCUT2D eigenvalue weighted by molar-refractivity contribution is -0.139. The molecular formula is C20H21ClN2O4. The summed E-state index contributed by atoms with van der Waals surface area (Å²) in [7, 11) is 3.07. The van der Waals surface area contributed by atoms with Gasteiger partial charge in [0.15, 0.2) is 11.5 Å². The topological polar surface area (TPSA) is 83.6 Å². The third-order valence-electron chi connectivity index (χ3n) is 4.46. The Morgan fingerprint density at radius 1 is 1.22 bits per heavy atom. The molecule has 0 saturated heterocycles. The maximum absolute atomic E-state index is 11.8. The van der Waals surface area contributed by atoms with Crippen LogP contribution in [0.4, 0.5) is 0 Å². The van der Waals surface area contributed by atoms with E-state index in [1.807, 2.05) is 30.5 Å². The van der Waals surface area contributed by atoms with Crippen LogP contribution >= 0.6 is 11.6 Å². The number of carboxylic acid groups (broad SMARTS) is 1. The number of carboxylic acids is 1. The summed E-state index contributed by atoms with van der Waals surface area (Å²) in [5, 5.41) is 14.2. The van der Waals surface area contributed by atoms with Crippen molar-refractivity contribution in [3.63, 3.8) is 0 Å². The maximum Gasteiger partial charge on any atom is 0.321 e. The molecule has 6 nitrogen and oxygen atoms in total. The third-order valence-corrected chi connectivity index (χ3v) is 4.67. The number of aromatic nitrogens is 1. The summed E-state index contributed by atoms with van der Waals surface area (Å²) in [6.07, 6.45) is 2.20. The van der Waals surface area contributed by atoms with Gasteiger partial charge in [0.1, 0.15) is 6.04 Å². The van der Waals surface area contributed by atoms with Crippen LogP contribution in [0.25, 0.3) is 10.9 Å². The molecule has 142 valence electrons. The van der Waals surface area contributed by atoms with E-state index in [0.29, 0.717) is 22.9 Å². The average molecular weight is 389 g/mol. The number of hydrogen-bond donors (Lipinski definition) is 3. The minimum Gasteiger partial charge on any atom is -0.493 e. The van der Waals surface area contributed by atoms with Gasteiger partial charge in [0.05, 0.1) is 14.2 Å². The van der Waals surface area contributed by atoms with E-state index in [4.69, 9.17) is 21.1 Å². The normalized spacial score (nSPS) is 12.1. The number of halogens is 1. The van der Waals surface area contributed by atoms with Gasteiger partial charge < -0.3 is 19.6 Å². The van der Waals surface area contributed by atoms with Gasteiger partial charge >= 0.3 is 5.97 Å². The van der Waals surface area contributed by atoms with E-state index >= 15 is 0 Å². The Hall–Kier alpha value is -2.70. The zero-order chi connectivity index (χ0) is 19.4. The number of nitrogens with one attached hydrogen (secondary N) is 2.